The van der Waals surface area contributed by atoms with Crippen LogP contribution < -0.4 is 5.32 Å². The molecule has 1 atom stereocenters. The number of β-amino-alcohol motifs (C(OH)–C–C–N with tert-alkyl or cyclic N) is 1. The second kappa shape index (κ2) is 7.46. The number of nitrogens with one attached hydrogen (secondary N) is 1. The molecule has 0 aromatic heterocycles. The molecule has 0 amide bonds. The third-order valence-corrected chi connectivity index (χ3v) is 4.62. The first-order chi connectivity index (χ1) is 9.56. The maximum atomic E-state index is 10.6. The molecule has 1 aromatic carbocycles. The van der Waals surface area contributed by atoms with Gasteiger partial charge >= 0.3 is 0 Å². The molecule has 1 saturated heterocycles. The largest absolute Gasteiger partial charge is 0.387 e. The molecule has 0 bridgehead atoms. The molecule has 1 aliphatic heterocycles. The van der Waals surface area contributed by atoms with Crippen molar-refractivity contribution >= 4 is 11.8 Å². The SMILES string of the molecule is Cc1ccc(SC(C)C)c(C(O)CN2CCNCC2)c1. The summed E-state index contributed by atoms with van der Waals surface area (Å²) >= 11 is 1.83. The van der Waals surface area contributed by atoms with Crippen molar-refractivity contribution in [3.05, 3.63) is 29.3 Å². The first kappa shape index (κ1) is 15.8. The van der Waals surface area contributed by atoms with Gasteiger partial charge < -0.3 is 10.4 Å². The van der Waals surface area contributed by atoms with Crippen LogP contribution in [0.25, 0.3) is 0 Å². The van der Waals surface area contributed by atoms with Gasteiger partial charge in [-0.1, -0.05) is 31.5 Å². The highest BCUT2D eigenvalue weighted by Crippen LogP contribution is 2.31. The number of thioether (sulfide) groups is 1. The van der Waals surface area contributed by atoms with Crippen molar-refractivity contribution in [3.8, 4) is 0 Å². The van der Waals surface area contributed by atoms with E-state index in [2.05, 4.69) is 49.2 Å². The Morgan fingerprint density at radius 3 is 2.65 bits per heavy atom. The molecule has 0 spiro atoms. The number of aryl methyl sites for hydroxylation is 1. The number of benzene rings is 1. The van der Waals surface area contributed by atoms with E-state index in [0.29, 0.717) is 5.25 Å². The summed E-state index contributed by atoms with van der Waals surface area (Å²) in [5.74, 6) is 0. The molecule has 1 aromatic rings. The molecule has 0 radical (unpaired) electrons. The Labute approximate surface area is 126 Å². The molecule has 1 aliphatic rings. The summed E-state index contributed by atoms with van der Waals surface area (Å²) < 4.78 is 0. The molecular formula is C16H26N2OS. The van der Waals surface area contributed by atoms with E-state index in [1.165, 1.54) is 10.5 Å². The number of rotatable bonds is 5. The number of aliphatic hydroxyl groups is 1. The highest BCUT2D eigenvalue weighted by molar-refractivity contribution is 8.00. The molecule has 1 heterocycles. The zero-order valence-electron chi connectivity index (χ0n) is 12.7. The van der Waals surface area contributed by atoms with Crippen molar-refractivity contribution in [1.82, 2.24) is 10.2 Å². The lowest BCUT2D eigenvalue weighted by atomic mass is 10.1. The maximum Gasteiger partial charge on any atom is 0.0927 e. The average molecular weight is 294 g/mol. The molecular weight excluding hydrogens is 268 g/mol. The standard InChI is InChI=1S/C16H26N2OS/c1-12(2)20-16-5-4-13(3)10-14(16)15(19)11-18-8-6-17-7-9-18/h4-5,10,12,15,17,19H,6-9,11H2,1-3H3. The molecule has 1 unspecified atom stereocenters. The van der Waals surface area contributed by atoms with E-state index in [-0.39, 0.29) is 0 Å². The van der Waals surface area contributed by atoms with Gasteiger partial charge in [0.15, 0.2) is 0 Å². The van der Waals surface area contributed by atoms with Gasteiger partial charge in [0.2, 0.25) is 0 Å². The Balaban J connectivity index is 2.10. The first-order valence-corrected chi connectivity index (χ1v) is 8.32. The summed E-state index contributed by atoms with van der Waals surface area (Å²) in [6.45, 7) is 11.3. The van der Waals surface area contributed by atoms with Crippen molar-refractivity contribution in [3.63, 3.8) is 0 Å². The van der Waals surface area contributed by atoms with Gasteiger partial charge in [0.1, 0.15) is 0 Å². The molecule has 0 saturated carbocycles. The fourth-order valence-electron chi connectivity index (χ4n) is 2.53. The van der Waals surface area contributed by atoms with Crippen molar-refractivity contribution < 1.29 is 5.11 Å². The Morgan fingerprint density at radius 1 is 1.30 bits per heavy atom. The van der Waals surface area contributed by atoms with Crippen molar-refractivity contribution in [2.24, 2.45) is 0 Å². The number of nitrogens with zero attached hydrogens (tertiary/aromatic N) is 1. The second-order valence-electron chi connectivity index (χ2n) is 5.77. The molecule has 0 aliphatic carbocycles. The molecule has 3 nitrogen and oxygen atoms in total. The topological polar surface area (TPSA) is 35.5 Å². The Kier molecular flexibility index (Phi) is 5.90. The molecule has 112 valence electrons. The number of hydrogen-bond acceptors (Lipinski definition) is 4. The maximum absolute atomic E-state index is 10.6. The smallest absolute Gasteiger partial charge is 0.0927 e. The van der Waals surface area contributed by atoms with E-state index in [0.717, 1.165) is 38.3 Å². The number of aliphatic hydroxyl groups excluding tert-OH is 1. The molecule has 2 N–H and O–H groups in total. The van der Waals surface area contributed by atoms with Crippen molar-refractivity contribution in [1.29, 1.82) is 0 Å². The summed E-state index contributed by atoms with van der Waals surface area (Å²) in [6.07, 6.45) is -0.394. The van der Waals surface area contributed by atoms with Gasteiger partial charge in [0.25, 0.3) is 0 Å². The average Bonchev–Trinajstić information content (AvgIpc) is 2.41. The predicted octanol–water partition coefficient (Wildman–Crippen LogP) is 2.43. The van der Waals surface area contributed by atoms with Gasteiger partial charge in [-0.2, -0.15) is 0 Å². The van der Waals surface area contributed by atoms with Crippen molar-refractivity contribution in [2.45, 2.75) is 37.0 Å². The zero-order chi connectivity index (χ0) is 14.5. The lowest BCUT2D eigenvalue weighted by Crippen LogP contribution is -2.45. The summed E-state index contributed by atoms with van der Waals surface area (Å²) in [7, 11) is 0. The Hall–Kier alpha value is -0.550. The Bertz CT molecular complexity index is 430. The van der Waals surface area contributed by atoms with Crippen LogP contribution in [0.15, 0.2) is 23.1 Å². The number of piperazine rings is 1. The third-order valence-electron chi connectivity index (χ3n) is 3.53. The van der Waals surface area contributed by atoms with Crippen LogP contribution in [0, 0.1) is 6.92 Å². The van der Waals surface area contributed by atoms with Crippen LogP contribution in [0.3, 0.4) is 0 Å². The zero-order valence-corrected chi connectivity index (χ0v) is 13.5. The van der Waals surface area contributed by atoms with E-state index >= 15 is 0 Å². The van der Waals surface area contributed by atoms with Crippen LogP contribution in [-0.4, -0.2) is 48.0 Å². The summed E-state index contributed by atoms with van der Waals surface area (Å²) in [6, 6.07) is 6.42. The minimum absolute atomic E-state index is 0.394. The fraction of sp³-hybridized carbons (Fsp3) is 0.625. The molecule has 2 rings (SSSR count). The molecule has 20 heavy (non-hydrogen) atoms. The monoisotopic (exact) mass is 294 g/mol. The summed E-state index contributed by atoms with van der Waals surface area (Å²) in [4.78, 5) is 3.56. The van der Waals surface area contributed by atoms with Crippen molar-refractivity contribution in [2.75, 3.05) is 32.7 Å². The van der Waals surface area contributed by atoms with E-state index in [4.69, 9.17) is 0 Å². The normalized spacial score (nSPS) is 18.4. The van der Waals surface area contributed by atoms with E-state index in [1.54, 1.807) is 0 Å². The van der Waals surface area contributed by atoms with Gasteiger partial charge in [-0.15, -0.1) is 11.8 Å². The number of hydrogen-bond donors (Lipinski definition) is 2. The lowest BCUT2D eigenvalue weighted by molar-refractivity contribution is 0.104. The van der Waals surface area contributed by atoms with Crippen LogP contribution in [-0.2, 0) is 0 Å². The minimum atomic E-state index is -0.394. The fourth-order valence-corrected chi connectivity index (χ4v) is 3.51. The van der Waals surface area contributed by atoms with Crippen LogP contribution in [0.5, 0.6) is 0 Å². The van der Waals surface area contributed by atoms with Gasteiger partial charge in [-0.3, -0.25) is 4.90 Å². The Morgan fingerprint density at radius 2 is 2.00 bits per heavy atom. The second-order valence-corrected chi connectivity index (χ2v) is 7.39. The molecule has 4 heteroatoms. The quantitative estimate of drug-likeness (QED) is 0.818. The van der Waals surface area contributed by atoms with Gasteiger partial charge in [0.05, 0.1) is 6.10 Å². The summed E-state index contributed by atoms with van der Waals surface area (Å²) in [5, 5.41) is 14.5. The van der Waals surface area contributed by atoms with Crippen LogP contribution in [0.1, 0.15) is 31.1 Å². The minimum Gasteiger partial charge on any atom is -0.387 e. The van der Waals surface area contributed by atoms with E-state index < -0.39 is 6.10 Å². The van der Waals surface area contributed by atoms with Crippen LogP contribution in [0.2, 0.25) is 0 Å². The highest BCUT2D eigenvalue weighted by atomic mass is 32.2. The van der Waals surface area contributed by atoms with Gasteiger partial charge in [-0.05, 0) is 18.6 Å². The van der Waals surface area contributed by atoms with Crippen LogP contribution >= 0.6 is 11.8 Å². The van der Waals surface area contributed by atoms with E-state index in [1.807, 2.05) is 11.8 Å². The molecule has 1 fully saturated rings. The van der Waals surface area contributed by atoms with Gasteiger partial charge in [0, 0.05) is 42.9 Å². The van der Waals surface area contributed by atoms with Crippen LogP contribution in [0.4, 0.5) is 0 Å². The summed E-state index contributed by atoms with van der Waals surface area (Å²) in [5.41, 5.74) is 2.30. The lowest BCUT2D eigenvalue weighted by Gasteiger charge is -2.30. The predicted molar refractivity (Wildman–Crippen MR) is 86.4 cm³/mol. The van der Waals surface area contributed by atoms with Gasteiger partial charge in [-0.25, -0.2) is 0 Å². The first-order valence-electron chi connectivity index (χ1n) is 7.44. The van der Waals surface area contributed by atoms with E-state index in [9.17, 15) is 5.11 Å². The highest BCUT2D eigenvalue weighted by Gasteiger charge is 2.19. The third kappa shape index (κ3) is 4.48.